The maximum Gasteiger partial charge on any atom is 0.278 e. The second-order valence-electron chi connectivity index (χ2n) is 4.99. The van der Waals surface area contributed by atoms with E-state index in [1.165, 1.54) is 6.07 Å². The number of benzene rings is 1. The van der Waals surface area contributed by atoms with Gasteiger partial charge in [0.15, 0.2) is 11.5 Å². The fourth-order valence-electron chi connectivity index (χ4n) is 2.78. The van der Waals surface area contributed by atoms with Crippen molar-refractivity contribution in [1.29, 1.82) is 0 Å². The summed E-state index contributed by atoms with van der Waals surface area (Å²) >= 11 is 0. The summed E-state index contributed by atoms with van der Waals surface area (Å²) in [5, 5.41) is 14.6. The minimum Gasteiger partial charge on any atom is -0.454 e. The van der Waals surface area contributed by atoms with E-state index in [0.29, 0.717) is 17.1 Å². The highest BCUT2D eigenvalue weighted by Crippen LogP contribution is 2.41. The lowest BCUT2D eigenvalue weighted by molar-refractivity contribution is -0.385. The van der Waals surface area contributed by atoms with Gasteiger partial charge in [-0.2, -0.15) is 0 Å². The molecule has 2 aliphatic heterocycles. The molecule has 1 atom stereocenters. The number of hydrogen-bond donors (Lipinski definition) is 1. The highest BCUT2D eigenvalue weighted by Gasteiger charge is 2.30. The molecule has 3 rings (SSSR count). The zero-order chi connectivity index (χ0) is 14.8. The van der Waals surface area contributed by atoms with Gasteiger partial charge in [0.2, 0.25) is 6.79 Å². The third-order valence-electron chi connectivity index (χ3n) is 3.81. The minimum atomic E-state index is -0.379. The topological polar surface area (TPSA) is 76.9 Å². The fourth-order valence-corrected chi connectivity index (χ4v) is 2.78. The molecule has 0 aromatic heterocycles. The van der Waals surface area contributed by atoms with Gasteiger partial charge >= 0.3 is 0 Å². The molecule has 1 fully saturated rings. The molecule has 0 unspecified atom stereocenters. The Hall–Kier alpha value is -2.12. The van der Waals surface area contributed by atoms with Crippen molar-refractivity contribution < 1.29 is 14.4 Å². The summed E-state index contributed by atoms with van der Waals surface area (Å²) in [6.07, 6.45) is 1.75. The number of rotatable bonds is 4. The van der Waals surface area contributed by atoms with Crippen LogP contribution < -0.4 is 14.8 Å². The second-order valence-corrected chi connectivity index (χ2v) is 4.99. The molecule has 0 spiro atoms. The van der Waals surface area contributed by atoms with Crippen molar-refractivity contribution >= 4 is 5.69 Å². The smallest absolute Gasteiger partial charge is 0.278 e. The lowest BCUT2D eigenvalue weighted by Crippen LogP contribution is -2.44. The van der Waals surface area contributed by atoms with Crippen LogP contribution in [0.4, 0.5) is 5.69 Å². The van der Waals surface area contributed by atoms with Crippen LogP contribution in [0.15, 0.2) is 24.8 Å². The van der Waals surface area contributed by atoms with E-state index in [1.807, 2.05) is 0 Å². The number of ether oxygens (including phenoxy) is 2. The molecule has 112 valence electrons. The number of nitro benzene ring substituents is 1. The van der Waals surface area contributed by atoms with E-state index in [9.17, 15) is 10.1 Å². The Kier molecular flexibility index (Phi) is 3.76. The molecule has 2 aliphatic rings. The Bertz CT molecular complexity index is 570. The summed E-state index contributed by atoms with van der Waals surface area (Å²) in [7, 11) is 0. The van der Waals surface area contributed by atoms with Crippen LogP contribution in [0.5, 0.6) is 11.5 Å². The van der Waals surface area contributed by atoms with Crippen molar-refractivity contribution in [3.8, 4) is 11.5 Å². The lowest BCUT2D eigenvalue weighted by atomic mass is 10.0. The van der Waals surface area contributed by atoms with Crippen LogP contribution in [-0.2, 0) is 0 Å². The SMILES string of the molecule is C=C[C@H](c1cc2c(cc1[N+](=O)[O-])OCO2)N1CCNCC1. The van der Waals surface area contributed by atoms with Crippen LogP contribution in [0, 0.1) is 10.1 Å². The quantitative estimate of drug-likeness (QED) is 0.514. The van der Waals surface area contributed by atoms with Gasteiger partial charge in [-0.05, 0) is 6.07 Å². The van der Waals surface area contributed by atoms with Crippen LogP contribution in [0.2, 0.25) is 0 Å². The van der Waals surface area contributed by atoms with E-state index >= 15 is 0 Å². The van der Waals surface area contributed by atoms with E-state index < -0.39 is 0 Å². The summed E-state index contributed by atoms with van der Waals surface area (Å²) in [5.74, 6) is 0.978. The molecule has 0 aliphatic carbocycles. The zero-order valence-electron chi connectivity index (χ0n) is 11.6. The molecular weight excluding hydrogens is 274 g/mol. The van der Waals surface area contributed by atoms with Crippen molar-refractivity contribution in [2.75, 3.05) is 33.0 Å². The van der Waals surface area contributed by atoms with Gasteiger partial charge in [0.05, 0.1) is 22.6 Å². The van der Waals surface area contributed by atoms with Gasteiger partial charge in [0, 0.05) is 26.2 Å². The Morgan fingerprint density at radius 3 is 2.62 bits per heavy atom. The number of hydrogen-bond acceptors (Lipinski definition) is 6. The van der Waals surface area contributed by atoms with E-state index in [2.05, 4.69) is 16.8 Å². The van der Waals surface area contributed by atoms with Gasteiger partial charge in [-0.25, -0.2) is 0 Å². The van der Waals surface area contributed by atoms with Gasteiger partial charge in [0.1, 0.15) is 0 Å². The average Bonchev–Trinajstić information content (AvgIpc) is 2.95. The Morgan fingerprint density at radius 2 is 2.00 bits per heavy atom. The summed E-state index contributed by atoms with van der Waals surface area (Å²) in [6.45, 7) is 7.32. The van der Waals surface area contributed by atoms with Gasteiger partial charge in [-0.1, -0.05) is 6.08 Å². The molecule has 0 radical (unpaired) electrons. The number of piperazine rings is 1. The van der Waals surface area contributed by atoms with Crippen molar-refractivity contribution in [3.63, 3.8) is 0 Å². The van der Waals surface area contributed by atoms with E-state index in [0.717, 1.165) is 26.2 Å². The monoisotopic (exact) mass is 291 g/mol. The van der Waals surface area contributed by atoms with E-state index in [4.69, 9.17) is 9.47 Å². The zero-order valence-corrected chi connectivity index (χ0v) is 11.6. The van der Waals surface area contributed by atoms with Crippen molar-refractivity contribution in [2.45, 2.75) is 6.04 Å². The second kappa shape index (κ2) is 5.71. The lowest BCUT2D eigenvalue weighted by Gasteiger charge is -2.33. The molecule has 2 heterocycles. The van der Waals surface area contributed by atoms with Gasteiger partial charge in [0.25, 0.3) is 5.69 Å². The maximum absolute atomic E-state index is 11.4. The van der Waals surface area contributed by atoms with E-state index in [1.54, 1.807) is 12.1 Å². The van der Waals surface area contributed by atoms with E-state index in [-0.39, 0.29) is 23.4 Å². The molecule has 0 bridgehead atoms. The molecule has 7 nitrogen and oxygen atoms in total. The van der Waals surface area contributed by atoms with Crippen molar-refractivity contribution in [1.82, 2.24) is 10.2 Å². The number of nitrogens with zero attached hydrogens (tertiary/aromatic N) is 2. The maximum atomic E-state index is 11.4. The molecular formula is C14H17N3O4. The highest BCUT2D eigenvalue weighted by atomic mass is 16.7. The predicted octanol–water partition coefficient (Wildman–Crippen LogP) is 1.46. The third kappa shape index (κ3) is 2.57. The number of nitro groups is 1. The van der Waals surface area contributed by atoms with Gasteiger partial charge in [-0.3, -0.25) is 15.0 Å². The first-order valence-electron chi connectivity index (χ1n) is 6.86. The minimum absolute atomic E-state index is 0.0442. The molecule has 0 amide bonds. The van der Waals surface area contributed by atoms with Crippen molar-refractivity contribution in [2.24, 2.45) is 0 Å². The molecule has 21 heavy (non-hydrogen) atoms. The summed E-state index contributed by atoms with van der Waals surface area (Å²) in [4.78, 5) is 13.2. The summed E-state index contributed by atoms with van der Waals surface area (Å²) in [5.41, 5.74) is 0.642. The number of nitrogens with one attached hydrogen (secondary N) is 1. The van der Waals surface area contributed by atoms with Crippen LogP contribution in [0.25, 0.3) is 0 Å². The standard InChI is InChI=1S/C14H17N3O4/c1-2-11(16-5-3-15-4-6-16)10-7-13-14(21-9-20-13)8-12(10)17(18)19/h2,7-8,11,15H,1,3-6,9H2/t11-/m1/s1. The van der Waals surface area contributed by atoms with Gasteiger partial charge in [-0.15, -0.1) is 6.58 Å². The van der Waals surface area contributed by atoms with Crippen LogP contribution in [0.1, 0.15) is 11.6 Å². The first-order valence-corrected chi connectivity index (χ1v) is 6.86. The average molecular weight is 291 g/mol. The molecule has 7 heteroatoms. The first kappa shape index (κ1) is 13.8. The molecule has 1 saturated heterocycles. The predicted molar refractivity (Wildman–Crippen MR) is 76.6 cm³/mol. The molecule has 0 saturated carbocycles. The van der Waals surface area contributed by atoms with Gasteiger partial charge < -0.3 is 14.8 Å². The Balaban J connectivity index is 2.01. The number of fused-ring (bicyclic) bond motifs is 1. The van der Waals surface area contributed by atoms with Crippen molar-refractivity contribution in [3.05, 3.63) is 40.5 Å². The Labute approximate surface area is 122 Å². The fraction of sp³-hybridized carbons (Fsp3) is 0.429. The van der Waals surface area contributed by atoms with Crippen LogP contribution in [-0.4, -0.2) is 42.8 Å². The third-order valence-corrected chi connectivity index (χ3v) is 3.81. The Morgan fingerprint density at radius 1 is 1.33 bits per heavy atom. The first-order chi connectivity index (χ1) is 10.2. The molecule has 1 aromatic carbocycles. The van der Waals surface area contributed by atoms with Crippen LogP contribution in [0.3, 0.4) is 0 Å². The molecule has 1 aromatic rings. The summed E-state index contributed by atoms with van der Waals surface area (Å²) < 4.78 is 10.6. The largest absolute Gasteiger partial charge is 0.454 e. The molecule has 1 N–H and O–H groups in total. The summed E-state index contributed by atoms with van der Waals surface area (Å²) in [6, 6.07) is 2.94. The normalized spacial score (nSPS) is 19.2. The highest BCUT2D eigenvalue weighted by molar-refractivity contribution is 5.57. The van der Waals surface area contributed by atoms with Crippen LogP contribution >= 0.6 is 0 Å².